The molecule has 0 aromatic heterocycles. The van der Waals surface area contributed by atoms with Crippen molar-refractivity contribution in [1.82, 2.24) is 0 Å². The Kier molecular flexibility index (Phi) is 5.69. The van der Waals surface area contributed by atoms with Gasteiger partial charge in [-0.15, -0.1) is 0 Å². The number of hydrogen-bond acceptors (Lipinski definition) is 2. The Morgan fingerprint density at radius 1 is 0.955 bits per heavy atom. The van der Waals surface area contributed by atoms with E-state index in [0.29, 0.717) is 13.0 Å². The summed E-state index contributed by atoms with van der Waals surface area (Å²) in [5, 5.41) is 0. The largest absolute Gasteiger partial charge is 0.494 e. The molecule has 0 heterocycles. The standard InChI is InChI=1S/C17H17F3O2/c1-2-21-14-8-5-12(6-9-14)3-4-13-7-10-16(15(18)11-13)22-17(19)20/h5-11,17H,2-4H2,1H3. The number of ether oxygens (including phenoxy) is 2. The van der Waals surface area contributed by atoms with Crippen LogP contribution in [0.5, 0.6) is 11.5 Å². The van der Waals surface area contributed by atoms with Gasteiger partial charge in [-0.1, -0.05) is 18.2 Å². The summed E-state index contributed by atoms with van der Waals surface area (Å²) < 4.78 is 47.2. The second-order valence-corrected chi connectivity index (χ2v) is 4.72. The molecule has 0 amide bonds. The summed E-state index contributed by atoms with van der Waals surface area (Å²) in [5.74, 6) is -0.393. The molecule has 0 N–H and O–H groups in total. The molecular weight excluding hydrogens is 293 g/mol. The molecule has 2 aromatic carbocycles. The molecule has 2 rings (SSSR count). The Balaban J connectivity index is 1.95. The number of benzene rings is 2. The maximum atomic E-state index is 13.6. The third-order valence-corrected chi connectivity index (χ3v) is 3.15. The average Bonchev–Trinajstić information content (AvgIpc) is 2.49. The van der Waals surface area contributed by atoms with Crippen molar-refractivity contribution in [3.63, 3.8) is 0 Å². The van der Waals surface area contributed by atoms with Gasteiger partial charge >= 0.3 is 6.61 Å². The highest BCUT2D eigenvalue weighted by Crippen LogP contribution is 2.21. The third-order valence-electron chi connectivity index (χ3n) is 3.15. The van der Waals surface area contributed by atoms with Gasteiger partial charge in [0.25, 0.3) is 0 Å². The summed E-state index contributed by atoms with van der Waals surface area (Å²) >= 11 is 0. The van der Waals surface area contributed by atoms with E-state index in [4.69, 9.17) is 4.74 Å². The lowest BCUT2D eigenvalue weighted by Gasteiger charge is -2.08. The molecule has 5 heteroatoms. The van der Waals surface area contributed by atoms with Gasteiger partial charge in [0, 0.05) is 0 Å². The monoisotopic (exact) mass is 310 g/mol. The Labute approximate surface area is 127 Å². The normalized spacial score (nSPS) is 10.8. The van der Waals surface area contributed by atoms with E-state index >= 15 is 0 Å². The number of hydrogen-bond donors (Lipinski definition) is 0. The van der Waals surface area contributed by atoms with Gasteiger partial charge in [-0.25, -0.2) is 4.39 Å². The van der Waals surface area contributed by atoms with E-state index in [0.717, 1.165) is 23.3 Å². The first-order chi connectivity index (χ1) is 10.6. The van der Waals surface area contributed by atoms with Gasteiger partial charge in [-0.2, -0.15) is 8.78 Å². The van der Waals surface area contributed by atoms with E-state index in [1.807, 2.05) is 31.2 Å². The van der Waals surface area contributed by atoms with Gasteiger partial charge in [-0.3, -0.25) is 0 Å². The van der Waals surface area contributed by atoms with E-state index in [2.05, 4.69) is 4.74 Å². The van der Waals surface area contributed by atoms with Crippen molar-refractivity contribution in [3.05, 3.63) is 59.4 Å². The molecule has 22 heavy (non-hydrogen) atoms. The Hall–Kier alpha value is -2.17. The van der Waals surface area contributed by atoms with Crippen molar-refractivity contribution in [1.29, 1.82) is 0 Å². The van der Waals surface area contributed by atoms with Crippen LogP contribution >= 0.6 is 0 Å². The molecule has 0 fully saturated rings. The minimum absolute atomic E-state index is 0.431. The SMILES string of the molecule is CCOc1ccc(CCc2ccc(OC(F)F)c(F)c2)cc1. The van der Waals surface area contributed by atoms with Crippen LogP contribution in [0, 0.1) is 5.82 Å². The number of rotatable bonds is 7. The maximum Gasteiger partial charge on any atom is 0.387 e. The molecule has 0 spiro atoms. The fourth-order valence-corrected chi connectivity index (χ4v) is 2.10. The molecule has 0 unspecified atom stereocenters. The predicted molar refractivity (Wildman–Crippen MR) is 78.1 cm³/mol. The summed E-state index contributed by atoms with van der Waals surface area (Å²) in [6, 6.07) is 11.7. The van der Waals surface area contributed by atoms with Crippen molar-refractivity contribution < 1.29 is 22.6 Å². The molecule has 0 aliphatic heterocycles. The molecule has 0 saturated heterocycles. The molecule has 0 aliphatic carbocycles. The highest BCUT2D eigenvalue weighted by atomic mass is 19.3. The van der Waals surface area contributed by atoms with Crippen LogP contribution in [-0.2, 0) is 12.8 Å². The van der Waals surface area contributed by atoms with E-state index < -0.39 is 18.2 Å². The van der Waals surface area contributed by atoms with Crippen LogP contribution in [0.15, 0.2) is 42.5 Å². The quantitative estimate of drug-likeness (QED) is 0.743. The molecule has 0 saturated carbocycles. The fourth-order valence-electron chi connectivity index (χ4n) is 2.10. The first kappa shape index (κ1) is 16.2. The third kappa shape index (κ3) is 4.69. The minimum atomic E-state index is -3.02. The van der Waals surface area contributed by atoms with E-state index in [1.165, 1.54) is 12.1 Å². The topological polar surface area (TPSA) is 18.5 Å². The minimum Gasteiger partial charge on any atom is -0.494 e. The van der Waals surface area contributed by atoms with Gasteiger partial charge in [0.05, 0.1) is 6.61 Å². The second-order valence-electron chi connectivity index (χ2n) is 4.72. The van der Waals surface area contributed by atoms with Gasteiger partial charge in [0.1, 0.15) is 5.75 Å². The van der Waals surface area contributed by atoms with Gasteiger partial charge in [0.2, 0.25) is 0 Å². The maximum absolute atomic E-state index is 13.6. The van der Waals surface area contributed by atoms with Crippen molar-refractivity contribution in [2.75, 3.05) is 6.61 Å². The summed E-state index contributed by atoms with van der Waals surface area (Å²) in [5.41, 5.74) is 1.82. The Morgan fingerprint density at radius 3 is 2.18 bits per heavy atom. The zero-order valence-electron chi connectivity index (χ0n) is 12.2. The van der Waals surface area contributed by atoms with Crippen LogP contribution in [0.1, 0.15) is 18.1 Å². The smallest absolute Gasteiger partial charge is 0.387 e. The van der Waals surface area contributed by atoms with Gasteiger partial charge < -0.3 is 9.47 Å². The van der Waals surface area contributed by atoms with Crippen LogP contribution in [0.3, 0.4) is 0 Å². The highest BCUT2D eigenvalue weighted by molar-refractivity contribution is 5.31. The van der Waals surface area contributed by atoms with Crippen molar-refractivity contribution in [3.8, 4) is 11.5 Å². The number of alkyl halides is 2. The number of halogens is 3. The zero-order valence-corrected chi connectivity index (χ0v) is 12.2. The fraction of sp³-hybridized carbons (Fsp3) is 0.294. The highest BCUT2D eigenvalue weighted by Gasteiger charge is 2.10. The molecule has 0 radical (unpaired) electrons. The summed E-state index contributed by atoms with van der Waals surface area (Å²) in [7, 11) is 0. The second kappa shape index (κ2) is 7.73. The van der Waals surface area contributed by atoms with Crippen molar-refractivity contribution >= 4 is 0 Å². The molecule has 2 nitrogen and oxygen atoms in total. The lowest BCUT2D eigenvalue weighted by atomic mass is 10.0. The molecule has 118 valence electrons. The molecule has 0 aliphatic rings. The van der Waals surface area contributed by atoms with Gasteiger partial charge in [-0.05, 0) is 55.2 Å². The first-order valence-corrected chi connectivity index (χ1v) is 7.03. The average molecular weight is 310 g/mol. The summed E-state index contributed by atoms with van der Waals surface area (Å²) in [6.45, 7) is -0.487. The van der Waals surface area contributed by atoms with Crippen LogP contribution in [0.4, 0.5) is 13.2 Å². The van der Waals surface area contributed by atoms with Crippen LogP contribution in [0.25, 0.3) is 0 Å². The lowest BCUT2D eigenvalue weighted by molar-refractivity contribution is -0.0522. The van der Waals surface area contributed by atoms with Crippen LogP contribution < -0.4 is 9.47 Å². The predicted octanol–water partition coefficient (Wildman–Crippen LogP) is 4.61. The van der Waals surface area contributed by atoms with E-state index in [1.54, 1.807) is 6.07 Å². The zero-order chi connectivity index (χ0) is 15.9. The summed E-state index contributed by atoms with van der Waals surface area (Å²) in [4.78, 5) is 0. The molecule has 0 bridgehead atoms. The van der Waals surface area contributed by atoms with Crippen molar-refractivity contribution in [2.24, 2.45) is 0 Å². The van der Waals surface area contributed by atoms with Crippen molar-refractivity contribution in [2.45, 2.75) is 26.4 Å². The number of aryl methyl sites for hydroxylation is 2. The van der Waals surface area contributed by atoms with Crippen LogP contribution in [0.2, 0.25) is 0 Å². The Morgan fingerprint density at radius 2 is 1.59 bits per heavy atom. The molecular formula is C17H17F3O2. The summed E-state index contributed by atoms with van der Waals surface area (Å²) in [6.07, 6.45) is 1.33. The van der Waals surface area contributed by atoms with Gasteiger partial charge in [0.15, 0.2) is 11.6 Å². The molecule has 0 atom stereocenters. The van der Waals surface area contributed by atoms with Crippen LogP contribution in [-0.4, -0.2) is 13.2 Å². The lowest BCUT2D eigenvalue weighted by Crippen LogP contribution is -2.04. The van der Waals surface area contributed by atoms with E-state index in [9.17, 15) is 13.2 Å². The van der Waals surface area contributed by atoms with E-state index in [-0.39, 0.29) is 0 Å². The molecule has 2 aromatic rings. The first-order valence-electron chi connectivity index (χ1n) is 7.03. The Bertz CT molecular complexity index is 597.